The zero-order valence-corrected chi connectivity index (χ0v) is 17.1. The van der Waals surface area contributed by atoms with Gasteiger partial charge in [0, 0.05) is 0 Å². The zero-order chi connectivity index (χ0) is 19.5. The van der Waals surface area contributed by atoms with Crippen LogP contribution >= 0.6 is 0 Å². The first kappa shape index (κ1) is 21.3. The molecule has 2 rings (SSSR count). The molecule has 0 aromatic heterocycles. The van der Waals surface area contributed by atoms with E-state index in [-0.39, 0.29) is 5.97 Å². The first-order valence-corrected chi connectivity index (χ1v) is 10.4. The number of esters is 1. The predicted molar refractivity (Wildman–Crippen MR) is 113 cm³/mol. The number of hydrogen-bond acceptors (Lipinski definition) is 3. The van der Waals surface area contributed by atoms with Crippen molar-refractivity contribution < 1.29 is 14.3 Å². The van der Waals surface area contributed by atoms with Gasteiger partial charge >= 0.3 is 5.97 Å². The normalized spacial score (nSPS) is 11.1. The molecule has 0 aliphatic carbocycles. The maximum atomic E-state index is 12.2. The summed E-state index contributed by atoms with van der Waals surface area (Å²) in [5, 5.41) is 1.89. The fourth-order valence-corrected chi connectivity index (χ4v) is 3.41. The van der Waals surface area contributed by atoms with Crippen molar-refractivity contribution in [3.8, 4) is 5.75 Å². The van der Waals surface area contributed by atoms with E-state index in [0.717, 1.165) is 23.1 Å². The molecule has 0 radical (unpaired) electrons. The standard InChI is InChI=1S/C24H34O3/c1-19(2)13-9-7-5-4-6-8-12-18-27-22-17-16-20-14-10-11-15-21(20)23(22)24(25)26-3/h10-11,14-17,19H,4-9,12-13,18H2,1-3H3. The van der Waals surface area contributed by atoms with Gasteiger partial charge in [-0.15, -0.1) is 0 Å². The summed E-state index contributed by atoms with van der Waals surface area (Å²) in [7, 11) is 1.41. The molecule has 2 aromatic rings. The lowest BCUT2D eigenvalue weighted by Crippen LogP contribution is -2.07. The van der Waals surface area contributed by atoms with Gasteiger partial charge in [0.2, 0.25) is 0 Å². The molecule has 148 valence electrons. The first-order chi connectivity index (χ1) is 13.1. The van der Waals surface area contributed by atoms with Crippen LogP contribution in [-0.4, -0.2) is 19.7 Å². The van der Waals surface area contributed by atoms with Crippen molar-refractivity contribution in [3.63, 3.8) is 0 Å². The lowest BCUT2D eigenvalue weighted by atomic mass is 10.0. The van der Waals surface area contributed by atoms with Crippen LogP contribution in [-0.2, 0) is 4.74 Å². The highest BCUT2D eigenvalue weighted by molar-refractivity contribution is 6.07. The molecule has 0 aliphatic rings. The van der Waals surface area contributed by atoms with Crippen LogP contribution in [0.4, 0.5) is 0 Å². The second kappa shape index (κ2) is 11.6. The number of hydrogen-bond donors (Lipinski definition) is 0. The third-order valence-electron chi connectivity index (χ3n) is 4.96. The molecule has 2 aromatic carbocycles. The maximum Gasteiger partial charge on any atom is 0.342 e. The molecule has 0 heterocycles. The monoisotopic (exact) mass is 370 g/mol. The molecule has 0 spiro atoms. The van der Waals surface area contributed by atoms with Gasteiger partial charge in [-0.2, -0.15) is 0 Å². The molecule has 0 saturated carbocycles. The van der Waals surface area contributed by atoms with E-state index >= 15 is 0 Å². The summed E-state index contributed by atoms with van der Waals surface area (Å²) in [6, 6.07) is 11.7. The minimum absolute atomic E-state index is 0.344. The highest BCUT2D eigenvalue weighted by Gasteiger charge is 2.17. The Morgan fingerprint density at radius 1 is 0.889 bits per heavy atom. The molecule has 0 unspecified atom stereocenters. The van der Waals surface area contributed by atoms with E-state index in [4.69, 9.17) is 9.47 Å². The van der Waals surface area contributed by atoms with Crippen LogP contribution in [0.5, 0.6) is 5.75 Å². The summed E-state index contributed by atoms with van der Waals surface area (Å²) in [6.45, 7) is 5.22. The van der Waals surface area contributed by atoms with Crippen molar-refractivity contribution in [1.82, 2.24) is 0 Å². The largest absolute Gasteiger partial charge is 0.493 e. The van der Waals surface area contributed by atoms with Crippen molar-refractivity contribution in [1.29, 1.82) is 0 Å². The average molecular weight is 371 g/mol. The van der Waals surface area contributed by atoms with Crippen LogP contribution in [0.1, 0.15) is 75.6 Å². The number of unbranched alkanes of at least 4 members (excludes halogenated alkanes) is 6. The van der Waals surface area contributed by atoms with E-state index in [2.05, 4.69) is 13.8 Å². The van der Waals surface area contributed by atoms with E-state index in [1.54, 1.807) is 0 Å². The fourth-order valence-electron chi connectivity index (χ4n) is 3.41. The third kappa shape index (κ3) is 6.89. The zero-order valence-electron chi connectivity index (χ0n) is 17.1. The van der Waals surface area contributed by atoms with E-state index < -0.39 is 0 Å². The van der Waals surface area contributed by atoms with Crippen molar-refractivity contribution in [2.75, 3.05) is 13.7 Å². The summed E-state index contributed by atoms with van der Waals surface area (Å²) in [5.74, 6) is 1.10. The third-order valence-corrected chi connectivity index (χ3v) is 4.96. The van der Waals surface area contributed by atoms with E-state index in [9.17, 15) is 4.79 Å². The topological polar surface area (TPSA) is 35.5 Å². The highest BCUT2D eigenvalue weighted by atomic mass is 16.5. The Kier molecular flexibility index (Phi) is 9.17. The van der Waals surface area contributed by atoms with E-state index in [1.165, 1.54) is 52.1 Å². The van der Waals surface area contributed by atoms with Crippen molar-refractivity contribution in [2.45, 2.75) is 65.2 Å². The Hall–Kier alpha value is -2.03. The highest BCUT2D eigenvalue weighted by Crippen LogP contribution is 2.29. The quantitative estimate of drug-likeness (QED) is 0.305. The van der Waals surface area contributed by atoms with Gasteiger partial charge in [0.1, 0.15) is 11.3 Å². The lowest BCUT2D eigenvalue weighted by molar-refractivity contribution is 0.0598. The minimum Gasteiger partial charge on any atom is -0.493 e. The molecular formula is C24H34O3. The molecule has 0 saturated heterocycles. The number of ether oxygens (including phenoxy) is 2. The number of carbonyl (C=O) groups excluding carboxylic acids is 1. The summed E-state index contributed by atoms with van der Waals surface area (Å²) in [5.41, 5.74) is 0.528. The number of fused-ring (bicyclic) bond motifs is 1. The van der Waals surface area contributed by atoms with Crippen LogP contribution in [0, 0.1) is 5.92 Å². The van der Waals surface area contributed by atoms with Crippen molar-refractivity contribution >= 4 is 16.7 Å². The predicted octanol–water partition coefficient (Wildman–Crippen LogP) is 6.78. The minimum atomic E-state index is -0.344. The second-order valence-corrected chi connectivity index (χ2v) is 7.66. The van der Waals surface area contributed by atoms with Gasteiger partial charge in [-0.05, 0) is 29.2 Å². The Morgan fingerprint density at radius 3 is 2.26 bits per heavy atom. The Morgan fingerprint density at radius 2 is 1.56 bits per heavy atom. The lowest BCUT2D eigenvalue weighted by Gasteiger charge is -2.13. The van der Waals surface area contributed by atoms with Gasteiger partial charge in [-0.1, -0.05) is 89.1 Å². The maximum absolute atomic E-state index is 12.2. The molecule has 0 amide bonds. The van der Waals surface area contributed by atoms with Gasteiger partial charge in [-0.25, -0.2) is 4.79 Å². The summed E-state index contributed by atoms with van der Waals surface area (Å²) in [4.78, 5) is 12.2. The summed E-state index contributed by atoms with van der Waals surface area (Å²) in [6.07, 6.45) is 10.2. The van der Waals surface area contributed by atoms with Crippen LogP contribution in [0.3, 0.4) is 0 Å². The summed E-state index contributed by atoms with van der Waals surface area (Å²) < 4.78 is 10.9. The average Bonchev–Trinajstić information content (AvgIpc) is 2.68. The SMILES string of the molecule is COC(=O)c1c(OCCCCCCCCCC(C)C)ccc2ccccc12. The molecule has 0 aliphatic heterocycles. The molecule has 3 heteroatoms. The Balaban J connectivity index is 1.76. The van der Waals surface area contributed by atoms with Crippen molar-refractivity contribution in [3.05, 3.63) is 42.0 Å². The molecule has 0 N–H and O–H groups in total. The van der Waals surface area contributed by atoms with E-state index in [0.29, 0.717) is 17.9 Å². The van der Waals surface area contributed by atoms with Crippen LogP contribution in [0.25, 0.3) is 10.8 Å². The van der Waals surface area contributed by atoms with Crippen LogP contribution in [0.15, 0.2) is 36.4 Å². The number of rotatable bonds is 12. The first-order valence-electron chi connectivity index (χ1n) is 10.4. The van der Waals surface area contributed by atoms with E-state index in [1.807, 2.05) is 36.4 Å². The van der Waals surface area contributed by atoms with Gasteiger partial charge in [0.15, 0.2) is 0 Å². The summed E-state index contributed by atoms with van der Waals surface area (Å²) >= 11 is 0. The Bertz CT molecular complexity index is 706. The smallest absolute Gasteiger partial charge is 0.342 e. The van der Waals surface area contributed by atoms with Gasteiger partial charge < -0.3 is 9.47 Å². The number of benzene rings is 2. The molecule has 0 fully saturated rings. The van der Waals surface area contributed by atoms with Gasteiger partial charge in [-0.3, -0.25) is 0 Å². The second-order valence-electron chi connectivity index (χ2n) is 7.66. The molecular weight excluding hydrogens is 336 g/mol. The number of methoxy groups -OCH3 is 1. The number of carbonyl (C=O) groups is 1. The van der Waals surface area contributed by atoms with Gasteiger partial charge in [0.05, 0.1) is 13.7 Å². The molecule has 0 atom stereocenters. The van der Waals surface area contributed by atoms with Gasteiger partial charge in [0.25, 0.3) is 0 Å². The van der Waals surface area contributed by atoms with Crippen molar-refractivity contribution in [2.24, 2.45) is 5.92 Å². The van der Waals surface area contributed by atoms with Crippen LogP contribution < -0.4 is 4.74 Å². The van der Waals surface area contributed by atoms with Crippen LogP contribution in [0.2, 0.25) is 0 Å². The molecule has 0 bridgehead atoms. The molecule has 3 nitrogen and oxygen atoms in total. The Labute approximate surface area is 164 Å². The fraction of sp³-hybridized carbons (Fsp3) is 0.542. The molecule has 27 heavy (non-hydrogen) atoms.